The molecule has 1 aliphatic rings. The fourth-order valence-electron chi connectivity index (χ4n) is 1.57. The predicted molar refractivity (Wildman–Crippen MR) is 60.0 cm³/mol. The zero-order valence-corrected chi connectivity index (χ0v) is 10.0. The van der Waals surface area contributed by atoms with Crippen molar-refractivity contribution in [2.45, 2.75) is 13.3 Å². The number of rotatable bonds is 2. The Morgan fingerprint density at radius 3 is 2.81 bits per heavy atom. The van der Waals surface area contributed by atoms with Crippen molar-refractivity contribution in [3.8, 4) is 0 Å². The van der Waals surface area contributed by atoms with Gasteiger partial charge in [0.15, 0.2) is 5.78 Å². The molecule has 0 spiro atoms. The highest BCUT2D eigenvalue weighted by atomic mass is 16.6. The second-order valence-electron chi connectivity index (χ2n) is 3.91. The van der Waals surface area contributed by atoms with E-state index in [0.29, 0.717) is 31.7 Å². The first-order valence-electron chi connectivity index (χ1n) is 5.36. The van der Waals surface area contributed by atoms with Gasteiger partial charge in [-0.3, -0.25) is 4.79 Å². The largest absolute Gasteiger partial charge is 0.450 e. The summed E-state index contributed by atoms with van der Waals surface area (Å²) in [4.78, 5) is 26.4. The molecular formula is C11H18N2O3. The van der Waals surface area contributed by atoms with Crippen molar-refractivity contribution in [3.63, 3.8) is 0 Å². The molecule has 0 aromatic heterocycles. The van der Waals surface area contributed by atoms with E-state index < -0.39 is 0 Å². The van der Waals surface area contributed by atoms with Gasteiger partial charge in [-0.25, -0.2) is 4.79 Å². The van der Waals surface area contributed by atoms with Gasteiger partial charge in [0, 0.05) is 38.8 Å². The standard InChI is InChI=1S/C11H18N2O3/c1-4-16-11(15)13-6-5-10(14)9(8-13)7-12(2)3/h7H,4-6,8H2,1-3H3/b9-7+. The Bertz CT molecular complexity index is 310. The van der Waals surface area contributed by atoms with Gasteiger partial charge in [0.2, 0.25) is 0 Å². The van der Waals surface area contributed by atoms with E-state index in [1.165, 1.54) is 0 Å². The van der Waals surface area contributed by atoms with E-state index in [-0.39, 0.29) is 11.9 Å². The maximum Gasteiger partial charge on any atom is 0.410 e. The summed E-state index contributed by atoms with van der Waals surface area (Å²) in [6, 6.07) is 0. The molecule has 1 saturated heterocycles. The third-order valence-corrected chi connectivity index (χ3v) is 2.27. The second kappa shape index (κ2) is 5.53. The van der Waals surface area contributed by atoms with Crippen LogP contribution in [0.25, 0.3) is 0 Å². The number of Topliss-reactive ketones (excluding diaryl/α,β-unsaturated/α-hetero) is 1. The average Bonchev–Trinajstić information content (AvgIpc) is 2.21. The molecule has 0 aromatic rings. The van der Waals surface area contributed by atoms with Crippen LogP contribution in [0.15, 0.2) is 11.8 Å². The van der Waals surface area contributed by atoms with Crippen LogP contribution >= 0.6 is 0 Å². The number of hydrogen-bond acceptors (Lipinski definition) is 4. The zero-order chi connectivity index (χ0) is 12.1. The summed E-state index contributed by atoms with van der Waals surface area (Å²) < 4.78 is 4.90. The zero-order valence-electron chi connectivity index (χ0n) is 10.0. The smallest absolute Gasteiger partial charge is 0.410 e. The van der Waals surface area contributed by atoms with E-state index in [1.54, 1.807) is 18.0 Å². The van der Waals surface area contributed by atoms with Gasteiger partial charge in [-0.2, -0.15) is 0 Å². The molecule has 1 heterocycles. The topological polar surface area (TPSA) is 49.9 Å². The van der Waals surface area contributed by atoms with E-state index in [9.17, 15) is 9.59 Å². The van der Waals surface area contributed by atoms with Crippen LogP contribution in [0, 0.1) is 0 Å². The third-order valence-electron chi connectivity index (χ3n) is 2.27. The Balaban J connectivity index is 2.67. The number of amides is 1. The first-order valence-corrected chi connectivity index (χ1v) is 5.36. The molecule has 0 N–H and O–H groups in total. The number of piperidine rings is 1. The maximum atomic E-state index is 11.6. The SMILES string of the molecule is CCOC(=O)N1CCC(=O)/C(=C/N(C)C)C1. The molecule has 0 atom stereocenters. The van der Waals surface area contributed by atoms with Crippen LogP contribution in [-0.2, 0) is 9.53 Å². The Labute approximate surface area is 95.6 Å². The maximum absolute atomic E-state index is 11.6. The van der Waals surface area contributed by atoms with Crippen molar-refractivity contribution < 1.29 is 14.3 Å². The molecule has 5 heteroatoms. The van der Waals surface area contributed by atoms with Crippen LogP contribution in [0.3, 0.4) is 0 Å². The van der Waals surface area contributed by atoms with Gasteiger partial charge in [0.1, 0.15) is 0 Å². The van der Waals surface area contributed by atoms with E-state index >= 15 is 0 Å². The van der Waals surface area contributed by atoms with Gasteiger partial charge >= 0.3 is 6.09 Å². The van der Waals surface area contributed by atoms with Crippen LogP contribution in [0.1, 0.15) is 13.3 Å². The molecule has 1 fully saturated rings. The molecular weight excluding hydrogens is 208 g/mol. The number of carbonyl (C=O) groups is 2. The molecule has 0 unspecified atom stereocenters. The van der Waals surface area contributed by atoms with E-state index in [2.05, 4.69) is 0 Å². The summed E-state index contributed by atoms with van der Waals surface area (Å²) in [7, 11) is 3.70. The van der Waals surface area contributed by atoms with Crippen molar-refractivity contribution in [1.29, 1.82) is 0 Å². The van der Waals surface area contributed by atoms with Crippen LogP contribution < -0.4 is 0 Å². The van der Waals surface area contributed by atoms with E-state index in [4.69, 9.17) is 4.74 Å². The first kappa shape index (κ1) is 12.5. The minimum absolute atomic E-state index is 0.106. The molecule has 0 radical (unpaired) electrons. The summed E-state index contributed by atoms with van der Waals surface area (Å²) in [6.07, 6.45) is 1.78. The van der Waals surface area contributed by atoms with Crippen molar-refractivity contribution >= 4 is 11.9 Å². The average molecular weight is 226 g/mol. The summed E-state index contributed by atoms with van der Waals surface area (Å²) in [5, 5.41) is 0. The molecule has 1 rings (SSSR count). The number of ether oxygens (including phenoxy) is 1. The molecule has 1 amide bonds. The molecule has 0 aromatic carbocycles. The Kier molecular flexibility index (Phi) is 4.34. The van der Waals surface area contributed by atoms with Crippen LogP contribution in [-0.4, -0.2) is 55.5 Å². The second-order valence-corrected chi connectivity index (χ2v) is 3.91. The molecule has 5 nitrogen and oxygen atoms in total. The monoisotopic (exact) mass is 226 g/mol. The number of carbonyl (C=O) groups excluding carboxylic acids is 2. The molecule has 90 valence electrons. The van der Waals surface area contributed by atoms with Crippen molar-refractivity contribution in [1.82, 2.24) is 9.80 Å². The molecule has 1 aliphatic heterocycles. The van der Waals surface area contributed by atoms with E-state index in [0.717, 1.165) is 0 Å². The molecule has 0 bridgehead atoms. The quantitative estimate of drug-likeness (QED) is 0.655. The van der Waals surface area contributed by atoms with Gasteiger partial charge in [-0.15, -0.1) is 0 Å². The predicted octanol–water partition coefficient (Wildman–Crippen LogP) is 0.863. The minimum Gasteiger partial charge on any atom is -0.450 e. The molecule has 0 aliphatic carbocycles. The third kappa shape index (κ3) is 3.25. The highest BCUT2D eigenvalue weighted by Gasteiger charge is 2.25. The Morgan fingerprint density at radius 2 is 2.25 bits per heavy atom. The normalized spacial score (nSPS) is 18.8. The summed E-state index contributed by atoms with van der Waals surface area (Å²) in [5.74, 6) is 0.106. The highest BCUT2D eigenvalue weighted by molar-refractivity contribution is 5.97. The van der Waals surface area contributed by atoms with Crippen molar-refractivity contribution in [2.75, 3.05) is 33.8 Å². The van der Waals surface area contributed by atoms with Gasteiger partial charge in [0.05, 0.1) is 13.2 Å². The number of nitrogens with zero attached hydrogens (tertiary/aromatic N) is 2. The van der Waals surface area contributed by atoms with Gasteiger partial charge < -0.3 is 14.5 Å². The van der Waals surface area contributed by atoms with Gasteiger partial charge in [-0.05, 0) is 6.92 Å². The summed E-state index contributed by atoms with van der Waals surface area (Å²) in [5.41, 5.74) is 0.657. The molecule has 16 heavy (non-hydrogen) atoms. The van der Waals surface area contributed by atoms with Gasteiger partial charge in [-0.1, -0.05) is 0 Å². The van der Waals surface area contributed by atoms with E-state index in [1.807, 2.05) is 19.0 Å². The fourth-order valence-corrected chi connectivity index (χ4v) is 1.57. The van der Waals surface area contributed by atoms with Crippen molar-refractivity contribution in [2.24, 2.45) is 0 Å². The lowest BCUT2D eigenvalue weighted by Gasteiger charge is -2.27. The highest BCUT2D eigenvalue weighted by Crippen LogP contribution is 2.13. The lowest BCUT2D eigenvalue weighted by atomic mass is 10.0. The van der Waals surface area contributed by atoms with Crippen LogP contribution in [0.4, 0.5) is 4.79 Å². The summed E-state index contributed by atoms with van der Waals surface area (Å²) in [6.45, 7) is 2.91. The van der Waals surface area contributed by atoms with Crippen molar-refractivity contribution in [3.05, 3.63) is 11.8 Å². The Morgan fingerprint density at radius 1 is 1.56 bits per heavy atom. The van der Waals surface area contributed by atoms with Crippen LogP contribution in [0.2, 0.25) is 0 Å². The number of hydrogen-bond donors (Lipinski definition) is 0. The first-order chi connectivity index (χ1) is 7.54. The number of ketones is 1. The number of likely N-dealkylation sites (tertiary alicyclic amines) is 1. The lowest BCUT2D eigenvalue weighted by molar-refractivity contribution is -0.117. The fraction of sp³-hybridized carbons (Fsp3) is 0.636. The molecule has 0 saturated carbocycles. The van der Waals surface area contributed by atoms with Gasteiger partial charge in [0.25, 0.3) is 0 Å². The lowest BCUT2D eigenvalue weighted by Crippen LogP contribution is -2.40. The van der Waals surface area contributed by atoms with Crippen LogP contribution in [0.5, 0.6) is 0 Å². The summed E-state index contributed by atoms with van der Waals surface area (Å²) >= 11 is 0. The minimum atomic E-state index is -0.348. The Hall–Kier alpha value is -1.52.